The lowest BCUT2D eigenvalue weighted by Gasteiger charge is -2.15. The van der Waals surface area contributed by atoms with E-state index in [9.17, 15) is 62.9 Å². The summed E-state index contributed by atoms with van der Waals surface area (Å²) in [6.45, 7) is 4.70. The summed E-state index contributed by atoms with van der Waals surface area (Å²) in [5.74, 6) is -5.17. The first kappa shape index (κ1) is 50.6. The van der Waals surface area contributed by atoms with Gasteiger partial charge in [-0.3, -0.25) is 37.6 Å². The van der Waals surface area contributed by atoms with Gasteiger partial charge in [0.15, 0.2) is 11.6 Å². The van der Waals surface area contributed by atoms with Crippen molar-refractivity contribution in [3.63, 3.8) is 0 Å². The minimum atomic E-state index is -5.15. The number of Topliss-reactive ketones (excluding diaryl/α,β-unsaturated/α-hetero) is 2. The topological polar surface area (TPSA) is 362 Å². The van der Waals surface area contributed by atoms with E-state index in [1.807, 2.05) is 0 Å². The van der Waals surface area contributed by atoms with Crippen LogP contribution in [0, 0.1) is 13.8 Å². The van der Waals surface area contributed by atoms with Gasteiger partial charge in [0.2, 0.25) is 12.1 Å². The zero-order chi connectivity index (χ0) is 48.8. The van der Waals surface area contributed by atoms with Crippen LogP contribution >= 0.6 is 0 Å². The molecule has 0 aromatic heterocycles. The summed E-state index contributed by atoms with van der Waals surface area (Å²) in [5, 5.41) is 22.3. The minimum absolute atomic E-state index is 0.00383. The normalized spacial score (nSPS) is 12.9. The third-order valence-electron chi connectivity index (χ3n) is 8.84. The molecule has 4 aromatic rings. The Balaban J connectivity index is 1.56. The van der Waals surface area contributed by atoms with Gasteiger partial charge in [0.25, 0.3) is 48.1 Å². The number of benzene rings is 4. The molecule has 2 atom stereocenters. The lowest BCUT2D eigenvalue weighted by atomic mass is 10.1. The van der Waals surface area contributed by atoms with Gasteiger partial charge in [-0.1, -0.05) is 0 Å². The van der Waals surface area contributed by atoms with Crippen molar-refractivity contribution in [1.29, 1.82) is 0 Å². The number of carbonyl (C=O) groups is 5. The Bertz CT molecular complexity index is 2990. The maximum atomic E-state index is 13.3. The standard InChI is InChI=1S/C38H39N7O17S3/c1-18-12-24(29(61-6)16-31(18)63(51,52)53)40-37(49)34(20(3)46)44-42-23-10-8-22(9-11-23)36(48)39-26-15-33(65(57,58)59)27(14-28(26)60-5)43-45-35(21(4)47)38(50)41-25-13-19(2)32(64(54,55)56)17-30(25)62-7/h8-17,34-35H,1-7H3,(H,39,48)(H,40,49)(H,41,50)(H,51,52,53)(H,54,55,56)(H,57,58,59)/b44-42+,45-43+. The van der Waals surface area contributed by atoms with Gasteiger partial charge in [0, 0.05) is 23.8 Å². The molecule has 0 spiro atoms. The van der Waals surface area contributed by atoms with Gasteiger partial charge in [0.05, 0.1) is 44.1 Å². The zero-order valence-electron chi connectivity index (χ0n) is 35.0. The zero-order valence-corrected chi connectivity index (χ0v) is 37.4. The SMILES string of the molecule is COc1cc(/N=N/C(C(C)=O)C(=O)Nc2cc(C)c(S(=O)(=O)O)cc2OC)c(S(=O)(=O)O)cc1NC(=O)c1ccc(/N=N/C(C(C)=O)C(=O)Nc2cc(C)c(S(=O)(=O)O)cc2OC)cc1. The van der Waals surface area contributed by atoms with Crippen LogP contribution in [0.1, 0.15) is 35.3 Å². The summed E-state index contributed by atoms with van der Waals surface area (Å²) >= 11 is 0. The van der Waals surface area contributed by atoms with Crippen LogP contribution in [0.3, 0.4) is 0 Å². The molecular formula is C38H39N7O17S3. The molecule has 0 fully saturated rings. The number of amides is 3. The molecular weight excluding hydrogens is 923 g/mol. The van der Waals surface area contributed by atoms with Crippen molar-refractivity contribution in [3.8, 4) is 17.2 Å². The fourth-order valence-electron chi connectivity index (χ4n) is 5.69. The average molecular weight is 962 g/mol. The highest BCUT2D eigenvalue weighted by Crippen LogP contribution is 2.37. The van der Waals surface area contributed by atoms with Crippen molar-refractivity contribution in [1.82, 2.24) is 0 Å². The van der Waals surface area contributed by atoms with Crippen LogP contribution in [0.2, 0.25) is 0 Å². The van der Waals surface area contributed by atoms with E-state index in [0.29, 0.717) is 0 Å². The Morgan fingerprint density at radius 1 is 0.538 bits per heavy atom. The van der Waals surface area contributed by atoms with E-state index >= 15 is 0 Å². The average Bonchev–Trinajstić information content (AvgIpc) is 3.20. The number of hydrogen-bond donors (Lipinski definition) is 6. The summed E-state index contributed by atoms with van der Waals surface area (Å²) in [4.78, 5) is 62.5. The maximum absolute atomic E-state index is 13.3. The predicted octanol–water partition coefficient (Wildman–Crippen LogP) is 4.68. The molecule has 0 saturated carbocycles. The lowest BCUT2D eigenvalue weighted by molar-refractivity contribution is -0.127. The monoisotopic (exact) mass is 961 g/mol. The maximum Gasteiger partial charge on any atom is 0.296 e. The largest absolute Gasteiger partial charge is 0.495 e. The number of rotatable bonds is 18. The van der Waals surface area contributed by atoms with Crippen molar-refractivity contribution in [3.05, 3.63) is 77.4 Å². The molecule has 346 valence electrons. The van der Waals surface area contributed by atoms with Gasteiger partial charge < -0.3 is 30.2 Å². The second-order valence-electron chi connectivity index (χ2n) is 13.5. The van der Waals surface area contributed by atoms with Gasteiger partial charge in [-0.05, 0) is 81.3 Å². The highest BCUT2D eigenvalue weighted by molar-refractivity contribution is 7.86. The minimum Gasteiger partial charge on any atom is -0.495 e. The van der Waals surface area contributed by atoms with E-state index in [0.717, 1.165) is 58.4 Å². The Hall–Kier alpha value is -7.04. The summed E-state index contributed by atoms with van der Waals surface area (Å²) in [6, 6.07) is 7.38. The number of ether oxygens (including phenoxy) is 3. The molecule has 65 heavy (non-hydrogen) atoms. The molecule has 0 aliphatic rings. The first-order valence-electron chi connectivity index (χ1n) is 18.1. The molecule has 0 bridgehead atoms. The summed E-state index contributed by atoms with van der Waals surface area (Å²) in [7, 11) is -11.0. The van der Waals surface area contributed by atoms with Crippen LogP contribution in [-0.4, -0.2) is 102 Å². The van der Waals surface area contributed by atoms with Crippen LogP contribution in [0.5, 0.6) is 17.2 Å². The van der Waals surface area contributed by atoms with E-state index < -0.39 is 92.1 Å². The van der Waals surface area contributed by atoms with Crippen molar-refractivity contribution >= 4 is 88.1 Å². The van der Waals surface area contributed by atoms with Crippen molar-refractivity contribution in [2.45, 2.75) is 54.5 Å². The summed E-state index contributed by atoms with van der Waals surface area (Å²) in [5.41, 5.74) is -1.04. The molecule has 0 radical (unpaired) electrons. The first-order valence-corrected chi connectivity index (χ1v) is 22.4. The molecule has 0 aliphatic carbocycles. The van der Waals surface area contributed by atoms with E-state index in [-0.39, 0.29) is 56.7 Å². The molecule has 6 N–H and O–H groups in total. The number of hydrogen-bond acceptors (Lipinski definition) is 18. The lowest BCUT2D eigenvalue weighted by Crippen LogP contribution is -2.32. The predicted molar refractivity (Wildman–Crippen MR) is 228 cm³/mol. The number of aryl methyl sites for hydroxylation is 2. The number of nitrogens with zero attached hydrogens (tertiary/aromatic N) is 4. The molecule has 0 heterocycles. The van der Waals surface area contributed by atoms with Gasteiger partial charge in [0.1, 0.15) is 37.6 Å². The number of azo groups is 2. The van der Waals surface area contributed by atoms with Crippen molar-refractivity contribution < 1.29 is 77.1 Å². The fraction of sp³-hybridized carbons (Fsp3) is 0.237. The number of carbonyl (C=O) groups excluding carboxylic acids is 5. The number of methoxy groups -OCH3 is 3. The summed E-state index contributed by atoms with van der Waals surface area (Å²) in [6.07, 6.45) is 0. The Morgan fingerprint density at radius 3 is 1.31 bits per heavy atom. The van der Waals surface area contributed by atoms with Gasteiger partial charge in [-0.2, -0.15) is 45.7 Å². The van der Waals surface area contributed by atoms with Crippen LogP contribution in [0.15, 0.2) is 95.8 Å². The Kier molecular flexibility index (Phi) is 15.7. The molecule has 24 nitrogen and oxygen atoms in total. The van der Waals surface area contributed by atoms with Gasteiger partial charge in [-0.15, -0.1) is 0 Å². The molecule has 2 unspecified atom stereocenters. The van der Waals surface area contributed by atoms with Gasteiger partial charge in [-0.25, -0.2) is 0 Å². The Labute approximate surface area is 370 Å². The van der Waals surface area contributed by atoms with E-state index in [1.165, 1.54) is 51.3 Å². The molecule has 4 aromatic carbocycles. The van der Waals surface area contributed by atoms with Crippen LogP contribution in [0.25, 0.3) is 0 Å². The number of anilines is 3. The molecule has 0 saturated heterocycles. The van der Waals surface area contributed by atoms with E-state index in [4.69, 9.17) is 14.2 Å². The number of nitrogens with one attached hydrogen (secondary N) is 3. The van der Waals surface area contributed by atoms with Gasteiger partial charge >= 0.3 is 0 Å². The van der Waals surface area contributed by atoms with Crippen LogP contribution in [-0.2, 0) is 49.5 Å². The first-order chi connectivity index (χ1) is 30.2. The van der Waals surface area contributed by atoms with E-state index in [2.05, 4.69) is 36.4 Å². The highest BCUT2D eigenvalue weighted by atomic mass is 32.2. The quantitative estimate of drug-likeness (QED) is 0.0448. The van der Waals surface area contributed by atoms with Crippen LogP contribution < -0.4 is 30.2 Å². The molecule has 4 rings (SSSR count). The molecule has 3 amide bonds. The summed E-state index contributed by atoms with van der Waals surface area (Å²) < 4.78 is 116. The molecule has 27 heteroatoms. The second-order valence-corrected chi connectivity index (χ2v) is 17.7. The second kappa shape index (κ2) is 20.2. The highest BCUT2D eigenvalue weighted by Gasteiger charge is 2.29. The van der Waals surface area contributed by atoms with E-state index in [1.54, 1.807) is 0 Å². The fourth-order valence-corrected chi connectivity index (χ4v) is 7.76. The molecule has 0 aliphatic heterocycles. The smallest absolute Gasteiger partial charge is 0.296 e. The van der Waals surface area contributed by atoms with Crippen LogP contribution in [0.4, 0.5) is 28.4 Å². The van der Waals surface area contributed by atoms with Crippen molar-refractivity contribution in [2.75, 3.05) is 37.3 Å². The number of ketones is 2. The Morgan fingerprint density at radius 2 is 0.923 bits per heavy atom. The third kappa shape index (κ3) is 12.6. The van der Waals surface area contributed by atoms with Crippen molar-refractivity contribution in [2.24, 2.45) is 20.5 Å². The third-order valence-corrected chi connectivity index (χ3v) is 11.7.